The maximum absolute atomic E-state index is 12.2. The summed E-state index contributed by atoms with van der Waals surface area (Å²) in [6, 6.07) is 0.814. The Morgan fingerprint density at radius 1 is 1.33 bits per heavy atom. The molecule has 1 aliphatic heterocycles. The van der Waals surface area contributed by atoms with Crippen LogP contribution in [0.25, 0.3) is 0 Å². The Hall–Kier alpha value is -0.770. The molecule has 1 heterocycles. The van der Waals surface area contributed by atoms with Gasteiger partial charge in [-0.15, -0.1) is 0 Å². The van der Waals surface area contributed by atoms with Gasteiger partial charge in [0.1, 0.15) is 0 Å². The van der Waals surface area contributed by atoms with Crippen LogP contribution >= 0.6 is 0 Å². The van der Waals surface area contributed by atoms with Crippen molar-refractivity contribution in [1.29, 1.82) is 0 Å². The summed E-state index contributed by atoms with van der Waals surface area (Å²) in [6.07, 6.45) is 7.53. The van der Waals surface area contributed by atoms with Gasteiger partial charge in [-0.25, -0.2) is 4.79 Å². The molecule has 4 heteroatoms. The lowest BCUT2D eigenvalue weighted by Gasteiger charge is -2.30. The maximum atomic E-state index is 12.2. The van der Waals surface area contributed by atoms with Crippen LogP contribution in [-0.4, -0.2) is 48.1 Å². The molecule has 1 saturated carbocycles. The first-order valence-electron chi connectivity index (χ1n) is 7.37. The third-order valence-corrected chi connectivity index (χ3v) is 4.53. The van der Waals surface area contributed by atoms with E-state index in [2.05, 4.69) is 0 Å². The van der Waals surface area contributed by atoms with Crippen molar-refractivity contribution < 1.29 is 4.79 Å². The van der Waals surface area contributed by atoms with Gasteiger partial charge in [0.2, 0.25) is 0 Å². The van der Waals surface area contributed by atoms with Crippen LogP contribution in [0, 0.1) is 5.92 Å². The number of carbonyl (C=O) groups excluding carboxylic acids is 1. The molecular formula is C14H27N3O. The van der Waals surface area contributed by atoms with E-state index in [1.807, 2.05) is 23.8 Å². The number of carbonyl (C=O) groups is 1. The minimum Gasteiger partial charge on any atom is -0.328 e. The second-order valence-corrected chi connectivity index (χ2v) is 6.07. The van der Waals surface area contributed by atoms with Crippen molar-refractivity contribution in [2.24, 2.45) is 11.7 Å². The second kappa shape index (κ2) is 5.91. The van der Waals surface area contributed by atoms with E-state index in [0.717, 1.165) is 19.5 Å². The zero-order valence-electron chi connectivity index (χ0n) is 11.8. The molecule has 0 radical (unpaired) electrons. The van der Waals surface area contributed by atoms with Crippen molar-refractivity contribution in [2.45, 2.75) is 57.5 Å². The van der Waals surface area contributed by atoms with E-state index in [0.29, 0.717) is 12.0 Å². The Labute approximate surface area is 110 Å². The third kappa shape index (κ3) is 2.97. The van der Waals surface area contributed by atoms with Gasteiger partial charge in [0.05, 0.1) is 6.04 Å². The molecule has 104 valence electrons. The van der Waals surface area contributed by atoms with Gasteiger partial charge in [0, 0.05) is 26.2 Å². The van der Waals surface area contributed by atoms with Crippen LogP contribution in [0.15, 0.2) is 0 Å². The van der Waals surface area contributed by atoms with E-state index >= 15 is 0 Å². The van der Waals surface area contributed by atoms with Gasteiger partial charge in [0.15, 0.2) is 0 Å². The Kier molecular flexibility index (Phi) is 4.49. The maximum Gasteiger partial charge on any atom is 0.320 e. The molecular weight excluding hydrogens is 226 g/mol. The third-order valence-electron chi connectivity index (χ3n) is 4.53. The van der Waals surface area contributed by atoms with Crippen molar-refractivity contribution in [3.63, 3.8) is 0 Å². The van der Waals surface area contributed by atoms with E-state index in [-0.39, 0.29) is 12.1 Å². The van der Waals surface area contributed by atoms with Gasteiger partial charge in [-0.3, -0.25) is 0 Å². The highest BCUT2D eigenvalue weighted by Crippen LogP contribution is 2.32. The van der Waals surface area contributed by atoms with Gasteiger partial charge in [-0.2, -0.15) is 0 Å². The lowest BCUT2D eigenvalue weighted by molar-refractivity contribution is 0.179. The van der Waals surface area contributed by atoms with E-state index < -0.39 is 0 Å². The molecule has 0 bridgehead atoms. The number of rotatable bonds is 4. The molecule has 0 spiro atoms. The molecule has 2 rings (SSSR count). The van der Waals surface area contributed by atoms with Crippen LogP contribution in [-0.2, 0) is 0 Å². The number of urea groups is 1. The highest BCUT2D eigenvalue weighted by atomic mass is 16.2. The van der Waals surface area contributed by atoms with Crippen LogP contribution in [0.1, 0.15) is 45.4 Å². The summed E-state index contributed by atoms with van der Waals surface area (Å²) in [7, 11) is 1.97. The molecule has 0 aromatic heterocycles. The van der Waals surface area contributed by atoms with Crippen LogP contribution in [0.3, 0.4) is 0 Å². The molecule has 0 aromatic rings. The molecule has 18 heavy (non-hydrogen) atoms. The SMILES string of the molecule is CC(N)CCN1CC(C2CCCCC2)N(C)C1=O. The van der Waals surface area contributed by atoms with Crippen LogP contribution < -0.4 is 5.73 Å². The fourth-order valence-corrected chi connectivity index (χ4v) is 3.32. The van der Waals surface area contributed by atoms with E-state index in [1.54, 1.807) is 0 Å². The van der Waals surface area contributed by atoms with E-state index in [9.17, 15) is 4.79 Å². The summed E-state index contributed by atoms with van der Waals surface area (Å²) in [4.78, 5) is 16.1. The molecule has 2 atom stereocenters. The van der Waals surface area contributed by atoms with Crippen LogP contribution in [0.2, 0.25) is 0 Å². The van der Waals surface area contributed by atoms with Gasteiger partial charge >= 0.3 is 6.03 Å². The van der Waals surface area contributed by atoms with E-state index in [1.165, 1.54) is 32.1 Å². The minimum absolute atomic E-state index is 0.178. The lowest BCUT2D eigenvalue weighted by atomic mass is 9.84. The van der Waals surface area contributed by atoms with Crippen molar-refractivity contribution >= 4 is 6.03 Å². The van der Waals surface area contributed by atoms with Gasteiger partial charge in [-0.05, 0) is 32.1 Å². The number of hydrogen-bond acceptors (Lipinski definition) is 2. The number of likely N-dealkylation sites (N-methyl/N-ethyl adjacent to an activating group) is 1. The molecule has 2 unspecified atom stereocenters. The molecule has 2 amide bonds. The number of amides is 2. The number of hydrogen-bond donors (Lipinski definition) is 1. The van der Waals surface area contributed by atoms with Crippen LogP contribution in [0.5, 0.6) is 0 Å². The lowest BCUT2D eigenvalue weighted by Crippen LogP contribution is -2.37. The minimum atomic E-state index is 0.178. The largest absolute Gasteiger partial charge is 0.328 e. The Bertz CT molecular complexity index is 287. The van der Waals surface area contributed by atoms with Crippen LogP contribution in [0.4, 0.5) is 4.79 Å². The Balaban J connectivity index is 1.91. The zero-order valence-corrected chi connectivity index (χ0v) is 11.8. The molecule has 0 aromatic carbocycles. The van der Waals surface area contributed by atoms with Crippen molar-refractivity contribution in [1.82, 2.24) is 9.80 Å². The number of nitrogens with two attached hydrogens (primary N) is 1. The van der Waals surface area contributed by atoms with Gasteiger partial charge < -0.3 is 15.5 Å². The summed E-state index contributed by atoms with van der Waals surface area (Å²) in [6.45, 7) is 3.72. The summed E-state index contributed by atoms with van der Waals surface area (Å²) in [5.74, 6) is 0.716. The Morgan fingerprint density at radius 3 is 2.61 bits per heavy atom. The van der Waals surface area contributed by atoms with Crippen molar-refractivity contribution in [3.05, 3.63) is 0 Å². The second-order valence-electron chi connectivity index (χ2n) is 6.07. The smallest absolute Gasteiger partial charge is 0.320 e. The fourth-order valence-electron chi connectivity index (χ4n) is 3.32. The topological polar surface area (TPSA) is 49.6 Å². The molecule has 1 aliphatic carbocycles. The normalized spacial score (nSPS) is 27.9. The first-order valence-corrected chi connectivity index (χ1v) is 7.37. The first-order chi connectivity index (χ1) is 8.59. The molecule has 2 aliphatic rings. The monoisotopic (exact) mass is 253 g/mol. The Morgan fingerprint density at radius 2 is 2.00 bits per heavy atom. The average molecular weight is 253 g/mol. The highest BCUT2D eigenvalue weighted by Gasteiger charge is 2.38. The molecule has 2 fully saturated rings. The molecule has 1 saturated heterocycles. The predicted octanol–water partition coefficient (Wildman–Crippen LogP) is 2.04. The summed E-state index contributed by atoms with van der Waals surface area (Å²) in [5.41, 5.74) is 5.78. The number of nitrogens with zero attached hydrogens (tertiary/aromatic N) is 2. The zero-order chi connectivity index (χ0) is 13.1. The standard InChI is InChI=1S/C14H27N3O/c1-11(15)8-9-17-10-13(16(2)14(17)18)12-6-4-3-5-7-12/h11-13H,3-10,15H2,1-2H3. The summed E-state index contributed by atoms with van der Waals surface area (Å²) < 4.78 is 0. The fraction of sp³-hybridized carbons (Fsp3) is 0.929. The van der Waals surface area contributed by atoms with Gasteiger partial charge in [0.25, 0.3) is 0 Å². The van der Waals surface area contributed by atoms with Crippen molar-refractivity contribution in [2.75, 3.05) is 20.1 Å². The molecule has 2 N–H and O–H groups in total. The van der Waals surface area contributed by atoms with E-state index in [4.69, 9.17) is 5.73 Å². The predicted molar refractivity (Wildman–Crippen MR) is 73.4 cm³/mol. The highest BCUT2D eigenvalue weighted by molar-refractivity contribution is 5.76. The first kappa shape index (κ1) is 13.7. The van der Waals surface area contributed by atoms with Gasteiger partial charge in [-0.1, -0.05) is 19.3 Å². The summed E-state index contributed by atoms with van der Waals surface area (Å²) >= 11 is 0. The summed E-state index contributed by atoms with van der Waals surface area (Å²) in [5, 5.41) is 0. The molecule has 4 nitrogen and oxygen atoms in total. The van der Waals surface area contributed by atoms with Crippen molar-refractivity contribution in [3.8, 4) is 0 Å². The quantitative estimate of drug-likeness (QED) is 0.833. The average Bonchev–Trinajstić information content (AvgIpc) is 2.65.